The van der Waals surface area contributed by atoms with Crippen molar-refractivity contribution in [1.29, 1.82) is 0 Å². The highest BCUT2D eigenvalue weighted by Gasteiger charge is 2.22. The van der Waals surface area contributed by atoms with E-state index in [1.807, 2.05) is 84.9 Å². The third-order valence-corrected chi connectivity index (χ3v) is 5.75. The highest BCUT2D eigenvalue weighted by molar-refractivity contribution is 7.95. The second kappa shape index (κ2) is 9.20. The van der Waals surface area contributed by atoms with E-state index in [4.69, 9.17) is 0 Å². The largest absolute Gasteiger partial charge is 0.262 e. The Balaban J connectivity index is 2.03. The van der Waals surface area contributed by atoms with Crippen LogP contribution in [0, 0.1) is 0 Å². The molecule has 0 heterocycles. The van der Waals surface area contributed by atoms with Crippen LogP contribution in [0.3, 0.4) is 0 Å². The minimum Gasteiger partial charge on any atom is -0.262 e. The number of sulfonamides is 1. The molecule has 0 radical (unpaired) electrons. The van der Waals surface area contributed by atoms with Gasteiger partial charge in [0.2, 0.25) is 0 Å². The van der Waals surface area contributed by atoms with Crippen molar-refractivity contribution in [3.63, 3.8) is 0 Å². The lowest BCUT2D eigenvalue weighted by Gasteiger charge is -2.25. The molecule has 0 atom stereocenters. The fraction of sp³-hybridized carbons (Fsp3) is 0.0833. The predicted molar refractivity (Wildman–Crippen MR) is 117 cm³/mol. The molecule has 0 N–H and O–H groups in total. The molecule has 0 fully saturated rings. The normalized spacial score (nSPS) is 11.4. The number of benzene rings is 3. The van der Waals surface area contributed by atoms with Crippen LogP contribution in [0.2, 0.25) is 0 Å². The van der Waals surface area contributed by atoms with Gasteiger partial charge in [0, 0.05) is 0 Å². The fourth-order valence-electron chi connectivity index (χ4n) is 2.95. The first-order valence-corrected chi connectivity index (χ1v) is 10.6. The van der Waals surface area contributed by atoms with Crippen LogP contribution in [-0.2, 0) is 23.0 Å². The van der Waals surface area contributed by atoms with Gasteiger partial charge in [0.15, 0.2) is 0 Å². The maximum Gasteiger partial charge on any atom is 0.257 e. The summed E-state index contributed by atoms with van der Waals surface area (Å²) in [4.78, 5) is 0. The highest BCUT2D eigenvalue weighted by atomic mass is 32.2. The predicted octanol–water partition coefficient (Wildman–Crippen LogP) is 5.42. The number of anilines is 1. The zero-order valence-corrected chi connectivity index (χ0v) is 16.4. The van der Waals surface area contributed by atoms with E-state index in [0.717, 1.165) is 16.7 Å². The molecule has 142 valence electrons. The minimum absolute atomic E-state index is 0.260. The van der Waals surface area contributed by atoms with Crippen LogP contribution in [0.5, 0.6) is 0 Å². The Morgan fingerprint density at radius 1 is 0.821 bits per heavy atom. The molecule has 0 spiro atoms. The van der Waals surface area contributed by atoms with Crippen LogP contribution in [0.25, 0.3) is 6.08 Å². The Kier molecular flexibility index (Phi) is 6.45. The van der Waals surface area contributed by atoms with Crippen molar-refractivity contribution in [1.82, 2.24) is 0 Å². The van der Waals surface area contributed by atoms with Gasteiger partial charge in [-0.3, -0.25) is 4.31 Å². The Morgan fingerprint density at radius 2 is 1.43 bits per heavy atom. The zero-order valence-electron chi connectivity index (χ0n) is 15.6. The van der Waals surface area contributed by atoms with Crippen molar-refractivity contribution in [2.75, 3.05) is 4.31 Å². The van der Waals surface area contributed by atoms with Crippen molar-refractivity contribution < 1.29 is 8.42 Å². The molecule has 0 bridgehead atoms. The third kappa shape index (κ3) is 4.99. The molecule has 0 aliphatic heterocycles. The number of para-hydroxylation sites is 1. The summed E-state index contributed by atoms with van der Waals surface area (Å²) in [6.45, 7) is 4.06. The lowest BCUT2D eigenvalue weighted by Crippen LogP contribution is -2.29. The van der Waals surface area contributed by atoms with E-state index < -0.39 is 10.0 Å². The fourth-order valence-corrected chi connectivity index (χ4v) is 4.20. The lowest BCUT2D eigenvalue weighted by atomic mass is 10.1. The highest BCUT2D eigenvalue weighted by Crippen LogP contribution is 2.27. The molecule has 3 aromatic carbocycles. The first-order valence-electron chi connectivity index (χ1n) is 9.09. The molecule has 0 aromatic heterocycles. The van der Waals surface area contributed by atoms with Gasteiger partial charge in [-0.25, -0.2) is 8.42 Å². The summed E-state index contributed by atoms with van der Waals surface area (Å²) in [6.07, 6.45) is 4.01. The summed E-state index contributed by atoms with van der Waals surface area (Å²) in [5.41, 5.74) is 3.35. The maximum absolute atomic E-state index is 13.3. The summed E-state index contributed by atoms with van der Waals surface area (Å²) >= 11 is 0. The SMILES string of the molecule is C=CCc1ccccc1N(Cc1ccccc1)S(=O)(=O)/C=C/c1ccccc1. The van der Waals surface area contributed by atoms with Crippen LogP contribution in [0.4, 0.5) is 5.69 Å². The molecular formula is C24H23NO2S. The van der Waals surface area contributed by atoms with Crippen molar-refractivity contribution in [3.05, 3.63) is 120 Å². The van der Waals surface area contributed by atoms with Crippen molar-refractivity contribution >= 4 is 21.8 Å². The summed E-state index contributed by atoms with van der Waals surface area (Å²) in [7, 11) is -3.69. The van der Waals surface area contributed by atoms with Crippen molar-refractivity contribution in [2.45, 2.75) is 13.0 Å². The average molecular weight is 390 g/mol. The molecule has 4 heteroatoms. The van der Waals surface area contributed by atoms with E-state index in [2.05, 4.69) is 6.58 Å². The summed E-state index contributed by atoms with van der Waals surface area (Å²) in [6, 6.07) is 26.6. The number of rotatable bonds is 8. The maximum atomic E-state index is 13.3. The topological polar surface area (TPSA) is 37.4 Å². The number of hydrogen-bond donors (Lipinski definition) is 0. The van der Waals surface area contributed by atoms with Crippen LogP contribution < -0.4 is 4.31 Å². The van der Waals surface area contributed by atoms with Gasteiger partial charge in [-0.2, -0.15) is 0 Å². The van der Waals surface area contributed by atoms with Crippen LogP contribution >= 0.6 is 0 Å². The zero-order chi connectivity index (χ0) is 19.8. The van der Waals surface area contributed by atoms with Gasteiger partial charge in [0.05, 0.1) is 17.6 Å². The summed E-state index contributed by atoms with van der Waals surface area (Å²) < 4.78 is 28.0. The Hall–Kier alpha value is -3.11. The molecule has 3 rings (SSSR count). The molecule has 0 saturated carbocycles. The van der Waals surface area contributed by atoms with Gasteiger partial charge in [0.1, 0.15) is 0 Å². The molecular weight excluding hydrogens is 366 g/mol. The minimum atomic E-state index is -3.69. The number of hydrogen-bond acceptors (Lipinski definition) is 2. The second-order valence-electron chi connectivity index (χ2n) is 6.37. The lowest BCUT2D eigenvalue weighted by molar-refractivity contribution is 0.599. The first-order chi connectivity index (χ1) is 13.6. The summed E-state index contributed by atoms with van der Waals surface area (Å²) in [5, 5.41) is 1.27. The van der Waals surface area contributed by atoms with Gasteiger partial charge in [-0.1, -0.05) is 84.9 Å². The Bertz CT molecular complexity index is 1040. The van der Waals surface area contributed by atoms with Gasteiger partial charge < -0.3 is 0 Å². The van der Waals surface area contributed by atoms with Crippen molar-refractivity contribution in [3.8, 4) is 0 Å². The quantitative estimate of drug-likeness (QED) is 0.482. The monoisotopic (exact) mass is 389 g/mol. The Morgan fingerprint density at radius 3 is 2.11 bits per heavy atom. The average Bonchev–Trinajstić information content (AvgIpc) is 2.73. The summed E-state index contributed by atoms with van der Waals surface area (Å²) in [5.74, 6) is 0. The van der Waals surface area contributed by atoms with E-state index in [1.165, 1.54) is 9.71 Å². The van der Waals surface area contributed by atoms with E-state index >= 15 is 0 Å². The second-order valence-corrected chi connectivity index (χ2v) is 8.12. The number of allylic oxidation sites excluding steroid dienone is 1. The van der Waals surface area contributed by atoms with E-state index in [9.17, 15) is 8.42 Å². The van der Waals surface area contributed by atoms with Gasteiger partial charge >= 0.3 is 0 Å². The molecule has 28 heavy (non-hydrogen) atoms. The molecule has 3 nitrogen and oxygen atoms in total. The van der Waals surface area contributed by atoms with Crippen molar-refractivity contribution in [2.24, 2.45) is 0 Å². The molecule has 0 amide bonds. The first kappa shape index (κ1) is 19.6. The standard InChI is InChI=1S/C24H23NO2S/c1-2-11-23-16-9-10-17-24(23)25(20-22-14-7-4-8-15-22)28(26,27)19-18-21-12-5-3-6-13-21/h2-10,12-19H,1,11,20H2/b19-18+. The molecule has 0 aliphatic rings. The molecule has 3 aromatic rings. The van der Waals surface area contributed by atoms with E-state index in [-0.39, 0.29) is 6.54 Å². The molecule has 0 aliphatic carbocycles. The molecule has 0 unspecified atom stereocenters. The van der Waals surface area contributed by atoms with Crippen LogP contribution in [0.1, 0.15) is 16.7 Å². The Labute approximate surface area is 167 Å². The molecule has 0 saturated heterocycles. The number of nitrogens with zero attached hydrogens (tertiary/aromatic N) is 1. The third-order valence-electron chi connectivity index (χ3n) is 4.33. The van der Waals surface area contributed by atoms with Gasteiger partial charge in [0.25, 0.3) is 10.0 Å². The van der Waals surface area contributed by atoms with E-state index in [1.54, 1.807) is 12.2 Å². The van der Waals surface area contributed by atoms with Gasteiger partial charge in [-0.15, -0.1) is 6.58 Å². The van der Waals surface area contributed by atoms with Crippen LogP contribution in [0.15, 0.2) is 103 Å². The smallest absolute Gasteiger partial charge is 0.257 e. The van der Waals surface area contributed by atoms with Gasteiger partial charge in [-0.05, 0) is 35.3 Å². The van der Waals surface area contributed by atoms with Crippen LogP contribution in [-0.4, -0.2) is 8.42 Å². The van der Waals surface area contributed by atoms with E-state index in [0.29, 0.717) is 12.1 Å².